The molecule has 0 radical (unpaired) electrons. The van der Waals surface area contributed by atoms with E-state index in [-0.39, 0.29) is 0 Å². The van der Waals surface area contributed by atoms with Crippen LogP contribution >= 0.6 is 23.5 Å². The molecule has 2 heterocycles. The lowest BCUT2D eigenvalue weighted by atomic mass is 10.2. The van der Waals surface area contributed by atoms with Crippen LogP contribution in [0.15, 0.2) is 12.4 Å². The van der Waals surface area contributed by atoms with Crippen LogP contribution in [0.2, 0.25) is 0 Å². The van der Waals surface area contributed by atoms with Gasteiger partial charge in [0.15, 0.2) is 0 Å². The topological polar surface area (TPSA) is 32.3 Å². The van der Waals surface area contributed by atoms with Gasteiger partial charge in [-0.05, 0) is 25.4 Å². The quantitative estimate of drug-likeness (QED) is 0.803. The summed E-state index contributed by atoms with van der Waals surface area (Å²) >= 11 is 3.92. The zero-order valence-corrected chi connectivity index (χ0v) is 14.2. The Kier molecular flexibility index (Phi) is 6.29. The van der Waals surface area contributed by atoms with E-state index in [4.69, 9.17) is 0 Å². The summed E-state index contributed by atoms with van der Waals surface area (Å²) in [4.78, 5) is 13.5. The number of hydrogen-bond acceptors (Lipinski definition) is 6. The van der Waals surface area contributed by atoms with Gasteiger partial charge in [-0.25, -0.2) is 9.97 Å². The number of rotatable bonds is 6. The Bertz CT molecular complexity index is 410. The summed E-state index contributed by atoms with van der Waals surface area (Å²) in [5.41, 5.74) is 0. The van der Waals surface area contributed by atoms with Gasteiger partial charge in [0, 0.05) is 43.8 Å². The maximum Gasteiger partial charge on any atom is 0.134 e. The lowest BCUT2D eigenvalue weighted by Gasteiger charge is -2.29. The zero-order chi connectivity index (χ0) is 14.4. The van der Waals surface area contributed by atoms with Crippen molar-refractivity contribution in [3.63, 3.8) is 0 Å². The number of anilines is 2. The van der Waals surface area contributed by atoms with Crippen molar-refractivity contribution >= 4 is 35.2 Å². The summed E-state index contributed by atoms with van der Waals surface area (Å²) in [6.07, 6.45) is 5.03. The molecule has 1 unspecified atom stereocenters. The maximum absolute atomic E-state index is 4.44. The number of thioether (sulfide) groups is 2. The van der Waals surface area contributed by atoms with Crippen LogP contribution in [-0.4, -0.2) is 59.7 Å². The van der Waals surface area contributed by atoms with E-state index < -0.39 is 0 Å². The molecule has 20 heavy (non-hydrogen) atoms. The monoisotopic (exact) mass is 312 g/mol. The molecule has 1 atom stereocenters. The SMILES string of the molecule is CSCCC(C)N(C)c1cc(N2CCSCC2)ncn1. The van der Waals surface area contributed by atoms with Crippen LogP contribution < -0.4 is 9.80 Å². The van der Waals surface area contributed by atoms with E-state index in [1.807, 2.05) is 23.5 Å². The van der Waals surface area contributed by atoms with Gasteiger partial charge in [0.25, 0.3) is 0 Å². The highest BCUT2D eigenvalue weighted by Gasteiger charge is 2.16. The van der Waals surface area contributed by atoms with Crippen LogP contribution in [0.25, 0.3) is 0 Å². The normalized spacial score (nSPS) is 17.1. The summed E-state index contributed by atoms with van der Waals surface area (Å²) in [5.74, 6) is 5.67. The van der Waals surface area contributed by atoms with E-state index in [9.17, 15) is 0 Å². The number of nitrogens with zero attached hydrogens (tertiary/aromatic N) is 4. The van der Waals surface area contributed by atoms with Crippen LogP contribution in [0, 0.1) is 0 Å². The molecule has 1 fully saturated rings. The average molecular weight is 313 g/mol. The molecule has 0 bridgehead atoms. The lowest BCUT2D eigenvalue weighted by Crippen LogP contribution is -2.34. The molecule has 4 nitrogen and oxygen atoms in total. The Labute approximate surface area is 130 Å². The maximum atomic E-state index is 4.44. The van der Waals surface area contributed by atoms with Gasteiger partial charge in [0.2, 0.25) is 0 Å². The summed E-state index contributed by atoms with van der Waals surface area (Å²) in [7, 11) is 2.13. The third kappa shape index (κ3) is 4.19. The van der Waals surface area contributed by atoms with Crippen LogP contribution in [0.4, 0.5) is 11.6 Å². The van der Waals surface area contributed by atoms with E-state index in [1.54, 1.807) is 6.33 Å². The second-order valence-corrected chi connectivity index (χ2v) is 7.29. The third-order valence-corrected chi connectivity index (χ3v) is 5.32. The fraction of sp³-hybridized carbons (Fsp3) is 0.714. The minimum absolute atomic E-state index is 0.502. The molecule has 0 aromatic carbocycles. The molecule has 6 heteroatoms. The summed E-state index contributed by atoms with van der Waals surface area (Å²) in [5, 5.41) is 0. The van der Waals surface area contributed by atoms with Crippen LogP contribution in [0.3, 0.4) is 0 Å². The van der Waals surface area contributed by atoms with Gasteiger partial charge in [0.1, 0.15) is 18.0 Å². The second kappa shape index (κ2) is 7.98. The van der Waals surface area contributed by atoms with E-state index in [0.29, 0.717) is 6.04 Å². The van der Waals surface area contributed by atoms with Crippen LogP contribution in [0.1, 0.15) is 13.3 Å². The van der Waals surface area contributed by atoms with E-state index in [2.05, 4.69) is 46.1 Å². The van der Waals surface area contributed by atoms with Crippen molar-refractivity contribution in [3.8, 4) is 0 Å². The van der Waals surface area contributed by atoms with E-state index in [0.717, 1.165) is 24.7 Å². The number of aromatic nitrogens is 2. The molecule has 2 rings (SSSR count). The first-order valence-corrected chi connectivity index (χ1v) is 9.63. The van der Waals surface area contributed by atoms with Gasteiger partial charge >= 0.3 is 0 Å². The molecule has 1 aliphatic heterocycles. The molecule has 1 aromatic heterocycles. The smallest absolute Gasteiger partial charge is 0.134 e. The Hall–Kier alpha value is -0.620. The van der Waals surface area contributed by atoms with Crippen LogP contribution in [0.5, 0.6) is 0 Å². The molecule has 0 spiro atoms. The Morgan fingerprint density at radius 1 is 1.40 bits per heavy atom. The molecule has 112 valence electrons. The highest BCUT2D eigenvalue weighted by molar-refractivity contribution is 7.99. The minimum atomic E-state index is 0.502. The van der Waals surface area contributed by atoms with Crippen molar-refractivity contribution in [1.29, 1.82) is 0 Å². The molecule has 1 aliphatic rings. The number of hydrogen-bond donors (Lipinski definition) is 0. The predicted octanol–water partition coefficient (Wildman–Crippen LogP) is 2.61. The van der Waals surface area contributed by atoms with Crippen molar-refractivity contribution in [2.75, 3.05) is 53.5 Å². The van der Waals surface area contributed by atoms with Crippen molar-refractivity contribution in [1.82, 2.24) is 9.97 Å². The highest BCUT2D eigenvalue weighted by Crippen LogP contribution is 2.22. The van der Waals surface area contributed by atoms with Gasteiger partial charge in [-0.3, -0.25) is 0 Å². The summed E-state index contributed by atoms with van der Waals surface area (Å²) < 4.78 is 0. The average Bonchev–Trinajstić information content (AvgIpc) is 2.53. The van der Waals surface area contributed by atoms with E-state index >= 15 is 0 Å². The first-order chi connectivity index (χ1) is 9.72. The molecule has 1 aromatic rings. The third-order valence-electron chi connectivity index (χ3n) is 3.74. The fourth-order valence-electron chi connectivity index (χ4n) is 2.20. The van der Waals surface area contributed by atoms with Gasteiger partial charge in [-0.15, -0.1) is 0 Å². The van der Waals surface area contributed by atoms with Crippen molar-refractivity contribution in [2.45, 2.75) is 19.4 Å². The summed E-state index contributed by atoms with van der Waals surface area (Å²) in [6.45, 7) is 4.44. The van der Waals surface area contributed by atoms with Gasteiger partial charge in [-0.1, -0.05) is 0 Å². The van der Waals surface area contributed by atoms with Gasteiger partial charge in [-0.2, -0.15) is 23.5 Å². The summed E-state index contributed by atoms with van der Waals surface area (Å²) in [6, 6.07) is 2.63. The first-order valence-electron chi connectivity index (χ1n) is 7.09. The molecular weight excluding hydrogens is 288 g/mol. The fourth-order valence-corrected chi connectivity index (χ4v) is 3.68. The zero-order valence-electron chi connectivity index (χ0n) is 12.6. The Morgan fingerprint density at radius 2 is 2.15 bits per heavy atom. The standard InChI is InChI=1S/C14H24N4S2/c1-12(4-7-19-3)17(2)13-10-14(16-11-15-13)18-5-8-20-9-6-18/h10-12H,4-9H2,1-3H3. The Morgan fingerprint density at radius 3 is 2.85 bits per heavy atom. The highest BCUT2D eigenvalue weighted by atomic mass is 32.2. The lowest BCUT2D eigenvalue weighted by molar-refractivity contribution is 0.661. The second-order valence-electron chi connectivity index (χ2n) is 5.08. The molecule has 0 aliphatic carbocycles. The minimum Gasteiger partial charge on any atom is -0.357 e. The van der Waals surface area contributed by atoms with Gasteiger partial charge in [0.05, 0.1) is 0 Å². The largest absolute Gasteiger partial charge is 0.357 e. The van der Waals surface area contributed by atoms with Crippen molar-refractivity contribution < 1.29 is 0 Å². The van der Waals surface area contributed by atoms with Gasteiger partial charge < -0.3 is 9.80 Å². The molecule has 0 N–H and O–H groups in total. The first kappa shape index (κ1) is 15.8. The molecular formula is C14H24N4S2. The molecule has 0 saturated carbocycles. The molecule has 1 saturated heterocycles. The molecule has 0 amide bonds. The van der Waals surface area contributed by atoms with Crippen LogP contribution in [-0.2, 0) is 0 Å². The Balaban J connectivity index is 2.04. The van der Waals surface area contributed by atoms with E-state index in [1.165, 1.54) is 23.7 Å². The van der Waals surface area contributed by atoms with Crippen molar-refractivity contribution in [3.05, 3.63) is 12.4 Å². The van der Waals surface area contributed by atoms with Crippen molar-refractivity contribution in [2.24, 2.45) is 0 Å². The predicted molar refractivity (Wildman–Crippen MR) is 92.4 cm³/mol.